The highest BCUT2D eigenvalue weighted by Gasteiger charge is 2.33. The predicted molar refractivity (Wildman–Crippen MR) is 112 cm³/mol. The van der Waals surface area contributed by atoms with Gasteiger partial charge < -0.3 is 14.2 Å². The third-order valence-corrected chi connectivity index (χ3v) is 5.62. The van der Waals surface area contributed by atoms with Crippen LogP contribution in [0.2, 0.25) is 5.02 Å². The van der Waals surface area contributed by atoms with Crippen molar-refractivity contribution in [1.29, 1.82) is 0 Å². The second-order valence-electron chi connectivity index (χ2n) is 7.26. The Morgan fingerprint density at radius 1 is 1.17 bits per heavy atom. The summed E-state index contributed by atoms with van der Waals surface area (Å²) in [5.74, 6) is 1.94. The molecule has 1 aliphatic rings. The molecule has 8 heteroatoms. The summed E-state index contributed by atoms with van der Waals surface area (Å²) in [6.07, 6.45) is 2.45. The van der Waals surface area contributed by atoms with Gasteiger partial charge in [0.05, 0.1) is 30.9 Å². The molecule has 0 amide bonds. The molecular weight excluding hydrogens is 402 g/mol. The predicted octanol–water partition coefficient (Wildman–Crippen LogP) is 4.42. The van der Waals surface area contributed by atoms with Gasteiger partial charge in [0.2, 0.25) is 11.7 Å². The maximum Gasteiger partial charge on any atom is 0.244 e. The average molecular weight is 422 g/mol. The molecule has 0 spiro atoms. The van der Waals surface area contributed by atoms with Crippen LogP contribution in [0.3, 0.4) is 0 Å². The van der Waals surface area contributed by atoms with Gasteiger partial charge in [0, 0.05) is 30.1 Å². The molecule has 1 atom stereocenters. The molecule has 5 rings (SSSR count). The Morgan fingerprint density at radius 2 is 1.97 bits per heavy atom. The van der Waals surface area contributed by atoms with E-state index in [0.717, 1.165) is 40.8 Å². The number of fused-ring (bicyclic) bond motifs is 1. The number of hydrogen-bond acceptors (Lipinski definition) is 6. The highest BCUT2D eigenvalue weighted by molar-refractivity contribution is 6.30. The first-order valence-electron chi connectivity index (χ1n) is 9.67. The first kappa shape index (κ1) is 18.8. The Kier molecular flexibility index (Phi) is 4.98. The lowest BCUT2D eigenvalue weighted by molar-refractivity contribution is 0.128. The number of hydrogen-bond donors (Lipinski definition) is 1. The van der Waals surface area contributed by atoms with Crippen molar-refractivity contribution in [2.45, 2.75) is 25.6 Å². The van der Waals surface area contributed by atoms with Gasteiger partial charge in [-0.25, -0.2) is 4.98 Å². The zero-order valence-corrected chi connectivity index (χ0v) is 17.1. The van der Waals surface area contributed by atoms with Crippen LogP contribution in [0.25, 0.3) is 11.4 Å². The molecule has 30 heavy (non-hydrogen) atoms. The minimum atomic E-state index is -0.0593. The molecule has 1 N–H and O–H groups in total. The highest BCUT2D eigenvalue weighted by atomic mass is 35.5. The molecular formula is C22H20ClN5O2. The minimum Gasteiger partial charge on any atom is -0.497 e. The lowest BCUT2D eigenvalue weighted by atomic mass is 10.0. The third kappa shape index (κ3) is 3.69. The van der Waals surface area contributed by atoms with Crippen molar-refractivity contribution in [3.8, 4) is 17.1 Å². The van der Waals surface area contributed by atoms with E-state index in [0.29, 0.717) is 18.1 Å². The van der Waals surface area contributed by atoms with Gasteiger partial charge in [-0.1, -0.05) is 28.9 Å². The third-order valence-electron chi connectivity index (χ3n) is 5.37. The number of nitrogens with one attached hydrogen (secondary N) is 1. The van der Waals surface area contributed by atoms with E-state index in [1.165, 1.54) is 5.56 Å². The summed E-state index contributed by atoms with van der Waals surface area (Å²) < 4.78 is 10.9. The number of rotatable bonds is 5. The fourth-order valence-electron chi connectivity index (χ4n) is 3.75. The van der Waals surface area contributed by atoms with Crippen LogP contribution in [0, 0.1) is 0 Å². The lowest BCUT2D eigenvalue weighted by Gasteiger charge is -2.32. The lowest BCUT2D eigenvalue weighted by Crippen LogP contribution is -2.34. The van der Waals surface area contributed by atoms with Crippen LogP contribution in [0.15, 0.2) is 59.4 Å². The number of methoxy groups -OCH3 is 1. The van der Waals surface area contributed by atoms with Gasteiger partial charge in [0.1, 0.15) is 5.75 Å². The molecule has 2 aromatic carbocycles. The number of imidazole rings is 1. The molecule has 0 aliphatic carbocycles. The summed E-state index contributed by atoms with van der Waals surface area (Å²) in [6.45, 7) is 1.46. The molecule has 0 unspecified atom stereocenters. The van der Waals surface area contributed by atoms with E-state index in [4.69, 9.17) is 25.8 Å². The van der Waals surface area contributed by atoms with Crippen molar-refractivity contribution in [2.75, 3.05) is 7.11 Å². The van der Waals surface area contributed by atoms with Gasteiger partial charge in [-0.2, -0.15) is 4.98 Å². The minimum absolute atomic E-state index is 0.0593. The summed E-state index contributed by atoms with van der Waals surface area (Å²) in [5.41, 5.74) is 4.21. The highest BCUT2D eigenvalue weighted by Crippen LogP contribution is 2.33. The van der Waals surface area contributed by atoms with E-state index in [-0.39, 0.29) is 6.04 Å². The molecule has 1 aliphatic heterocycles. The fraction of sp³-hybridized carbons (Fsp3) is 0.227. The summed E-state index contributed by atoms with van der Waals surface area (Å²) in [4.78, 5) is 14.7. The first-order chi connectivity index (χ1) is 14.7. The van der Waals surface area contributed by atoms with Crippen LogP contribution in [0.1, 0.15) is 28.9 Å². The zero-order chi connectivity index (χ0) is 20.5. The summed E-state index contributed by atoms with van der Waals surface area (Å²) in [6, 6.07) is 15.5. The smallest absolute Gasteiger partial charge is 0.244 e. The molecule has 3 heterocycles. The largest absolute Gasteiger partial charge is 0.497 e. The van der Waals surface area contributed by atoms with Crippen LogP contribution in [0.5, 0.6) is 5.75 Å². The zero-order valence-electron chi connectivity index (χ0n) is 16.4. The molecule has 2 aromatic heterocycles. The van der Waals surface area contributed by atoms with E-state index in [1.54, 1.807) is 13.4 Å². The summed E-state index contributed by atoms with van der Waals surface area (Å²) >= 11 is 6.04. The van der Waals surface area contributed by atoms with Crippen LogP contribution < -0.4 is 4.74 Å². The van der Waals surface area contributed by atoms with Crippen LogP contribution in [-0.2, 0) is 19.5 Å². The molecule has 7 nitrogen and oxygen atoms in total. The number of H-pyrrole nitrogens is 1. The summed E-state index contributed by atoms with van der Waals surface area (Å²) in [5, 5.41) is 4.94. The SMILES string of the molecule is COc1ccc(-c2noc([C@@H]3Cc4nc[nH]c4CN3Cc3ccc(Cl)cc3)n2)cc1. The van der Waals surface area contributed by atoms with E-state index < -0.39 is 0 Å². The Hall–Kier alpha value is -3.16. The van der Waals surface area contributed by atoms with Crippen LogP contribution >= 0.6 is 11.6 Å². The quantitative estimate of drug-likeness (QED) is 0.513. The number of aromatic nitrogens is 4. The molecule has 0 saturated heterocycles. The number of ether oxygens (including phenoxy) is 1. The normalized spacial score (nSPS) is 16.4. The van der Waals surface area contributed by atoms with Gasteiger partial charge in [-0.3, -0.25) is 4.90 Å². The molecule has 0 fully saturated rings. The van der Waals surface area contributed by atoms with E-state index in [1.807, 2.05) is 48.5 Å². The summed E-state index contributed by atoms with van der Waals surface area (Å²) in [7, 11) is 1.64. The van der Waals surface area contributed by atoms with Gasteiger partial charge in [-0.15, -0.1) is 0 Å². The molecule has 0 radical (unpaired) electrons. The van der Waals surface area contributed by atoms with Crippen molar-refractivity contribution < 1.29 is 9.26 Å². The van der Waals surface area contributed by atoms with Crippen molar-refractivity contribution in [3.05, 3.63) is 82.7 Å². The Balaban J connectivity index is 1.44. The fourth-order valence-corrected chi connectivity index (χ4v) is 3.88. The Bertz CT molecular complexity index is 1140. The average Bonchev–Trinajstić information content (AvgIpc) is 3.44. The molecule has 152 valence electrons. The Morgan fingerprint density at radius 3 is 2.73 bits per heavy atom. The maximum atomic E-state index is 6.04. The van der Waals surface area contributed by atoms with E-state index in [2.05, 4.69) is 20.0 Å². The van der Waals surface area contributed by atoms with E-state index >= 15 is 0 Å². The monoisotopic (exact) mass is 421 g/mol. The second kappa shape index (κ2) is 7.93. The van der Waals surface area contributed by atoms with Crippen molar-refractivity contribution in [1.82, 2.24) is 25.0 Å². The van der Waals surface area contributed by atoms with E-state index in [9.17, 15) is 0 Å². The van der Waals surface area contributed by atoms with Gasteiger partial charge in [0.25, 0.3) is 0 Å². The number of nitrogens with zero attached hydrogens (tertiary/aromatic N) is 4. The Labute approximate surface area is 178 Å². The maximum absolute atomic E-state index is 6.04. The van der Waals surface area contributed by atoms with Gasteiger partial charge in [-0.05, 0) is 42.0 Å². The first-order valence-corrected chi connectivity index (χ1v) is 10.0. The van der Waals surface area contributed by atoms with Crippen LogP contribution in [0.4, 0.5) is 0 Å². The van der Waals surface area contributed by atoms with Gasteiger partial charge in [0.15, 0.2) is 0 Å². The van der Waals surface area contributed by atoms with Crippen LogP contribution in [-0.4, -0.2) is 32.1 Å². The van der Waals surface area contributed by atoms with Crippen molar-refractivity contribution in [3.63, 3.8) is 0 Å². The van der Waals surface area contributed by atoms with Crippen molar-refractivity contribution in [2.24, 2.45) is 0 Å². The molecule has 0 saturated carbocycles. The number of halogens is 1. The second-order valence-corrected chi connectivity index (χ2v) is 7.70. The molecule has 0 bridgehead atoms. The molecule has 4 aromatic rings. The standard InChI is InChI=1S/C22H20ClN5O2/c1-29-17-8-4-15(5-9-17)21-26-22(30-27-21)20-10-18-19(25-13-24-18)12-28(20)11-14-2-6-16(23)7-3-14/h2-9,13,20H,10-12H2,1H3,(H,24,25)/t20-/m0/s1. The van der Waals surface area contributed by atoms with Gasteiger partial charge >= 0.3 is 0 Å². The number of benzene rings is 2. The topological polar surface area (TPSA) is 80.1 Å². The van der Waals surface area contributed by atoms with Crippen molar-refractivity contribution >= 4 is 11.6 Å². The number of aromatic amines is 1.